The number of rotatable bonds is 3. The van der Waals surface area contributed by atoms with Gasteiger partial charge in [0.1, 0.15) is 4.99 Å². The van der Waals surface area contributed by atoms with E-state index < -0.39 is 0 Å². The lowest BCUT2D eigenvalue weighted by molar-refractivity contribution is -0.125. The van der Waals surface area contributed by atoms with Crippen molar-refractivity contribution in [3.63, 3.8) is 0 Å². The van der Waals surface area contributed by atoms with Crippen LogP contribution in [0.3, 0.4) is 0 Å². The van der Waals surface area contributed by atoms with Crippen LogP contribution in [0.5, 0.6) is 0 Å². The van der Waals surface area contributed by atoms with E-state index in [0.29, 0.717) is 4.99 Å². The standard InChI is InChI=1S/C14H18BrN3OS/c1-17-14(19)9-4-6-18(7-5-9)12-8-10(15)2-3-11(12)13(16)20/h2-3,8-9H,4-7H2,1H3,(H2,16,20)(H,17,19). The maximum Gasteiger partial charge on any atom is 0.222 e. The number of carbonyl (C=O) groups excluding carboxylic acids is 1. The van der Waals surface area contributed by atoms with Gasteiger partial charge in [0.15, 0.2) is 0 Å². The second kappa shape index (κ2) is 6.54. The number of carbonyl (C=O) groups is 1. The second-order valence-corrected chi connectivity index (χ2v) is 6.26. The summed E-state index contributed by atoms with van der Waals surface area (Å²) in [6.45, 7) is 1.67. The van der Waals surface area contributed by atoms with Crippen molar-refractivity contribution in [2.45, 2.75) is 12.8 Å². The van der Waals surface area contributed by atoms with Crippen molar-refractivity contribution < 1.29 is 4.79 Å². The van der Waals surface area contributed by atoms with Crippen LogP contribution in [0.1, 0.15) is 18.4 Å². The Bertz CT molecular complexity index is 527. The molecule has 20 heavy (non-hydrogen) atoms. The van der Waals surface area contributed by atoms with Crippen LogP contribution in [0.4, 0.5) is 5.69 Å². The minimum Gasteiger partial charge on any atom is -0.389 e. The first-order chi connectivity index (χ1) is 9.52. The third-order valence-electron chi connectivity index (χ3n) is 3.68. The minimum absolute atomic E-state index is 0.108. The lowest BCUT2D eigenvalue weighted by Crippen LogP contribution is -2.40. The molecule has 0 saturated carbocycles. The highest BCUT2D eigenvalue weighted by Gasteiger charge is 2.25. The number of nitrogens with one attached hydrogen (secondary N) is 1. The van der Waals surface area contributed by atoms with Crippen molar-refractivity contribution in [3.05, 3.63) is 28.2 Å². The second-order valence-electron chi connectivity index (χ2n) is 4.90. The van der Waals surface area contributed by atoms with E-state index in [1.807, 2.05) is 18.2 Å². The SMILES string of the molecule is CNC(=O)C1CCN(c2cc(Br)ccc2C(N)=S)CC1. The largest absolute Gasteiger partial charge is 0.389 e. The molecule has 3 N–H and O–H groups in total. The smallest absolute Gasteiger partial charge is 0.222 e. The van der Waals surface area contributed by atoms with Crippen molar-refractivity contribution in [2.24, 2.45) is 11.7 Å². The fourth-order valence-electron chi connectivity index (χ4n) is 2.56. The molecule has 1 heterocycles. The van der Waals surface area contributed by atoms with Crippen LogP contribution in [0.15, 0.2) is 22.7 Å². The fraction of sp³-hybridized carbons (Fsp3) is 0.429. The van der Waals surface area contributed by atoms with Gasteiger partial charge < -0.3 is 16.0 Å². The van der Waals surface area contributed by atoms with Crippen molar-refractivity contribution in [3.8, 4) is 0 Å². The molecule has 108 valence electrons. The molecule has 1 amide bonds. The van der Waals surface area contributed by atoms with Gasteiger partial charge in [0.05, 0.1) is 0 Å². The van der Waals surface area contributed by atoms with Gasteiger partial charge in [-0.1, -0.05) is 28.1 Å². The van der Waals surface area contributed by atoms with Crippen LogP contribution < -0.4 is 16.0 Å². The molecule has 1 saturated heterocycles. The summed E-state index contributed by atoms with van der Waals surface area (Å²) in [6.07, 6.45) is 1.70. The van der Waals surface area contributed by atoms with E-state index in [4.69, 9.17) is 18.0 Å². The maximum atomic E-state index is 11.7. The normalized spacial score (nSPS) is 16.0. The first kappa shape index (κ1) is 15.3. The van der Waals surface area contributed by atoms with E-state index in [1.54, 1.807) is 7.05 Å². The lowest BCUT2D eigenvalue weighted by Gasteiger charge is -2.34. The Labute approximate surface area is 132 Å². The molecule has 1 aliphatic rings. The van der Waals surface area contributed by atoms with Crippen molar-refractivity contribution in [1.82, 2.24) is 5.32 Å². The first-order valence-corrected chi connectivity index (χ1v) is 7.79. The topological polar surface area (TPSA) is 58.4 Å². The number of hydrogen-bond donors (Lipinski definition) is 2. The molecule has 1 aromatic carbocycles. The molecule has 0 spiro atoms. The Balaban J connectivity index is 2.16. The van der Waals surface area contributed by atoms with Gasteiger partial charge in [0.25, 0.3) is 0 Å². The Kier molecular flexibility index (Phi) is 4.99. The zero-order valence-corrected chi connectivity index (χ0v) is 13.8. The van der Waals surface area contributed by atoms with Gasteiger partial charge in [0, 0.05) is 41.8 Å². The third-order valence-corrected chi connectivity index (χ3v) is 4.39. The van der Waals surface area contributed by atoms with Gasteiger partial charge in [0.2, 0.25) is 5.91 Å². The van der Waals surface area contributed by atoms with Crippen LogP contribution in [0.25, 0.3) is 0 Å². The number of nitrogens with two attached hydrogens (primary N) is 1. The van der Waals surface area contributed by atoms with Gasteiger partial charge in [-0.15, -0.1) is 0 Å². The molecule has 4 nitrogen and oxygen atoms in total. The molecule has 0 bridgehead atoms. The highest BCUT2D eigenvalue weighted by Crippen LogP contribution is 2.29. The van der Waals surface area contributed by atoms with Crippen molar-refractivity contribution in [1.29, 1.82) is 0 Å². The van der Waals surface area contributed by atoms with Gasteiger partial charge in [-0.3, -0.25) is 4.79 Å². The van der Waals surface area contributed by atoms with Gasteiger partial charge in [-0.05, 0) is 31.0 Å². The van der Waals surface area contributed by atoms with Crippen LogP contribution in [-0.4, -0.2) is 31.0 Å². The molecule has 0 radical (unpaired) electrons. The van der Waals surface area contributed by atoms with Crippen molar-refractivity contribution >= 4 is 44.7 Å². The molecule has 1 aliphatic heterocycles. The summed E-state index contributed by atoms with van der Waals surface area (Å²) in [5, 5.41) is 2.72. The Morgan fingerprint density at radius 1 is 1.45 bits per heavy atom. The zero-order chi connectivity index (χ0) is 14.7. The summed E-state index contributed by atoms with van der Waals surface area (Å²) in [4.78, 5) is 14.3. The number of hydrogen-bond acceptors (Lipinski definition) is 3. The molecular formula is C14H18BrN3OS. The molecular weight excluding hydrogens is 338 g/mol. The highest BCUT2D eigenvalue weighted by atomic mass is 79.9. The van der Waals surface area contributed by atoms with E-state index in [9.17, 15) is 4.79 Å². The monoisotopic (exact) mass is 355 g/mol. The van der Waals surface area contributed by atoms with E-state index >= 15 is 0 Å². The third kappa shape index (κ3) is 3.30. The van der Waals surface area contributed by atoms with Crippen LogP contribution >= 0.6 is 28.1 Å². The predicted octanol–water partition coefficient (Wildman–Crippen LogP) is 2.05. The van der Waals surface area contributed by atoms with Gasteiger partial charge in [-0.25, -0.2) is 0 Å². The number of benzene rings is 1. The van der Waals surface area contributed by atoms with E-state index in [1.165, 1.54) is 0 Å². The Hall–Kier alpha value is -1.14. The average molecular weight is 356 g/mol. The molecule has 1 fully saturated rings. The number of nitrogens with zero attached hydrogens (tertiary/aromatic N) is 1. The number of anilines is 1. The summed E-state index contributed by atoms with van der Waals surface area (Å²) in [6, 6.07) is 5.91. The molecule has 1 aromatic rings. The van der Waals surface area contributed by atoms with E-state index in [-0.39, 0.29) is 11.8 Å². The maximum absolute atomic E-state index is 11.7. The summed E-state index contributed by atoms with van der Waals surface area (Å²) in [5.41, 5.74) is 7.73. The van der Waals surface area contributed by atoms with Crippen LogP contribution in [-0.2, 0) is 4.79 Å². The van der Waals surface area contributed by atoms with Crippen molar-refractivity contribution in [2.75, 3.05) is 25.0 Å². The lowest BCUT2D eigenvalue weighted by atomic mass is 9.95. The summed E-state index contributed by atoms with van der Waals surface area (Å²) < 4.78 is 1.00. The number of piperidine rings is 1. The first-order valence-electron chi connectivity index (χ1n) is 6.59. The highest BCUT2D eigenvalue weighted by molar-refractivity contribution is 9.10. The Morgan fingerprint density at radius 3 is 2.65 bits per heavy atom. The quantitative estimate of drug-likeness (QED) is 0.814. The summed E-state index contributed by atoms with van der Waals surface area (Å²) in [7, 11) is 1.69. The average Bonchev–Trinajstić information content (AvgIpc) is 2.46. The van der Waals surface area contributed by atoms with Crippen LogP contribution in [0.2, 0.25) is 0 Å². The molecule has 0 atom stereocenters. The summed E-state index contributed by atoms with van der Waals surface area (Å²) in [5.74, 6) is 0.241. The minimum atomic E-state index is 0.108. The molecule has 0 aromatic heterocycles. The fourth-order valence-corrected chi connectivity index (χ4v) is 3.08. The zero-order valence-electron chi connectivity index (χ0n) is 11.4. The predicted molar refractivity (Wildman–Crippen MR) is 89.0 cm³/mol. The molecule has 2 rings (SSSR count). The molecule has 0 unspecified atom stereocenters. The molecule has 6 heteroatoms. The van der Waals surface area contributed by atoms with E-state index in [2.05, 4.69) is 26.1 Å². The number of halogens is 1. The Morgan fingerprint density at radius 2 is 2.10 bits per heavy atom. The number of thiocarbonyl (C=S) groups is 1. The molecule has 0 aliphatic carbocycles. The number of amides is 1. The van der Waals surface area contributed by atoms with Crippen LogP contribution in [0, 0.1) is 5.92 Å². The van der Waals surface area contributed by atoms with E-state index in [0.717, 1.165) is 41.7 Å². The summed E-state index contributed by atoms with van der Waals surface area (Å²) >= 11 is 8.60. The van der Waals surface area contributed by atoms with Gasteiger partial charge >= 0.3 is 0 Å². The van der Waals surface area contributed by atoms with Gasteiger partial charge in [-0.2, -0.15) is 0 Å².